The van der Waals surface area contributed by atoms with E-state index in [0.29, 0.717) is 28.8 Å². The van der Waals surface area contributed by atoms with Gasteiger partial charge in [0.1, 0.15) is 17.3 Å². The van der Waals surface area contributed by atoms with Gasteiger partial charge < -0.3 is 19.6 Å². The van der Waals surface area contributed by atoms with Crippen LogP contribution in [0.25, 0.3) is 5.76 Å². The van der Waals surface area contributed by atoms with E-state index >= 15 is 0 Å². The Hall–Kier alpha value is -2.71. The summed E-state index contributed by atoms with van der Waals surface area (Å²) >= 11 is 3.36. The minimum absolute atomic E-state index is 0.128. The average Bonchev–Trinajstić information content (AvgIpc) is 2.98. The van der Waals surface area contributed by atoms with E-state index in [1.165, 1.54) is 30.2 Å². The number of carbonyl (C=O) groups excluding carboxylic acids is 2. The number of rotatable bonds is 7. The lowest BCUT2D eigenvalue weighted by Gasteiger charge is -2.26. The van der Waals surface area contributed by atoms with Crippen LogP contribution in [-0.2, 0) is 9.59 Å². The van der Waals surface area contributed by atoms with Crippen molar-refractivity contribution in [3.05, 3.63) is 69.5 Å². The number of nitrogens with zero attached hydrogens (tertiary/aromatic N) is 2. The smallest absolute Gasteiger partial charge is 0.295 e. The van der Waals surface area contributed by atoms with E-state index in [1.54, 1.807) is 24.3 Å². The summed E-state index contributed by atoms with van der Waals surface area (Å²) in [7, 11) is 5.32. The first-order valence-electron chi connectivity index (χ1n) is 9.77. The predicted molar refractivity (Wildman–Crippen MR) is 119 cm³/mol. The summed E-state index contributed by atoms with van der Waals surface area (Å²) in [5.74, 6) is -1.94. The topological polar surface area (TPSA) is 70.1 Å². The second-order valence-corrected chi connectivity index (χ2v) is 8.37. The van der Waals surface area contributed by atoms with E-state index in [2.05, 4.69) is 15.9 Å². The molecule has 2 aromatic carbocycles. The highest BCUT2D eigenvalue weighted by molar-refractivity contribution is 9.10. The van der Waals surface area contributed by atoms with E-state index in [-0.39, 0.29) is 23.4 Å². The fraction of sp³-hybridized carbons (Fsp3) is 0.304. The Labute approximate surface area is 189 Å². The van der Waals surface area contributed by atoms with Gasteiger partial charge in [0.2, 0.25) is 0 Å². The van der Waals surface area contributed by atoms with Crippen molar-refractivity contribution in [3.8, 4) is 5.75 Å². The van der Waals surface area contributed by atoms with E-state index < -0.39 is 23.5 Å². The summed E-state index contributed by atoms with van der Waals surface area (Å²) in [4.78, 5) is 29.1. The second-order valence-electron chi connectivity index (χ2n) is 7.52. The number of benzene rings is 2. The molecule has 0 saturated carbocycles. The Morgan fingerprint density at radius 1 is 1.23 bits per heavy atom. The number of ketones is 1. The summed E-state index contributed by atoms with van der Waals surface area (Å²) in [5, 5.41) is 11.0. The number of methoxy groups -OCH3 is 1. The number of aliphatic hydroxyl groups excluding tert-OH is 1. The number of aliphatic hydroxyl groups is 1. The van der Waals surface area contributed by atoms with Crippen molar-refractivity contribution >= 4 is 33.4 Å². The molecule has 1 aliphatic heterocycles. The number of Topliss-reactive ketones (excluding diaryl/α,β-unsaturated/α-hetero) is 1. The van der Waals surface area contributed by atoms with Gasteiger partial charge in [-0.05, 0) is 67.3 Å². The quantitative estimate of drug-likeness (QED) is 0.361. The standard InChI is InChI=1S/C23H24BrFN2O4/c1-26(2)11-6-12-27-20(15-7-4-5-8-17(15)25)19(22(29)23(27)30)21(28)14-9-10-18(31-3)16(24)13-14/h4-5,7-10,13,20,28H,6,11-12H2,1-3H3/b21-19+. The summed E-state index contributed by atoms with van der Waals surface area (Å²) in [6.45, 7) is 0.948. The molecule has 1 atom stereocenters. The van der Waals surface area contributed by atoms with Gasteiger partial charge in [-0.3, -0.25) is 9.59 Å². The van der Waals surface area contributed by atoms with Gasteiger partial charge in [0, 0.05) is 17.7 Å². The van der Waals surface area contributed by atoms with Gasteiger partial charge in [0.15, 0.2) is 0 Å². The van der Waals surface area contributed by atoms with Gasteiger partial charge in [-0.25, -0.2) is 4.39 Å². The Morgan fingerprint density at radius 2 is 1.94 bits per heavy atom. The number of hydrogen-bond donors (Lipinski definition) is 1. The Morgan fingerprint density at radius 3 is 2.55 bits per heavy atom. The largest absolute Gasteiger partial charge is 0.507 e. The van der Waals surface area contributed by atoms with Crippen LogP contribution < -0.4 is 4.74 Å². The average molecular weight is 491 g/mol. The molecule has 31 heavy (non-hydrogen) atoms. The molecule has 0 aliphatic carbocycles. The highest BCUT2D eigenvalue weighted by Crippen LogP contribution is 2.41. The van der Waals surface area contributed by atoms with Crippen LogP contribution in [0.2, 0.25) is 0 Å². The Kier molecular flexibility index (Phi) is 7.12. The summed E-state index contributed by atoms with van der Waals surface area (Å²) in [5.41, 5.74) is 0.359. The van der Waals surface area contributed by atoms with Gasteiger partial charge >= 0.3 is 0 Å². The fourth-order valence-electron chi connectivity index (χ4n) is 3.66. The van der Waals surface area contributed by atoms with Crippen LogP contribution in [0.15, 0.2) is 52.5 Å². The molecular weight excluding hydrogens is 467 g/mol. The second kappa shape index (κ2) is 9.62. The molecule has 1 heterocycles. The van der Waals surface area contributed by atoms with Gasteiger partial charge in [0.25, 0.3) is 11.7 Å². The van der Waals surface area contributed by atoms with Crippen molar-refractivity contribution in [1.29, 1.82) is 0 Å². The Bertz CT molecular complexity index is 1040. The minimum Gasteiger partial charge on any atom is -0.507 e. The zero-order chi connectivity index (χ0) is 22.7. The van der Waals surface area contributed by atoms with Gasteiger partial charge in [-0.15, -0.1) is 0 Å². The molecule has 1 unspecified atom stereocenters. The van der Waals surface area contributed by atoms with Crippen LogP contribution in [0.3, 0.4) is 0 Å². The number of ether oxygens (including phenoxy) is 1. The van der Waals surface area contributed by atoms with Crippen LogP contribution in [0.1, 0.15) is 23.6 Å². The molecule has 1 amide bonds. The molecule has 3 rings (SSSR count). The maximum atomic E-state index is 14.7. The Balaban J connectivity index is 2.13. The maximum absolute atomic E-state index is 14.7. The zero-order valence-electron chi connectivity index (χ0n) is 17.6. The van der Waals surface area contributed by atoms with Crippen molar-refractivity contribution in [2.45, 2.75) is 12.5 Å². The molecule has 1 aliphatic rings. The van der Waals surface area contributed by atoms with Crippen molar-refractivity contribution < 1.29 is 23.8 Å². The molecule has 6 nitrogen and oxygen atoms in total. The molecule has 0 radical (unpaired) electrons. The highest BCUT2D eigenvalue weighted by atomic mass is 79.9. The van der Waals surface area contributed by atoms with E-state index in [1.807, 2.05) is 19.0 Å². The fourth-order valence-corrected chi connectivity index (χ4v) is 4.20. The first kappa shape index (κ1) is 23.0. The van der Waals surface area contributed by atoms with Crippen molar-refractivity contribution in [2.75, 3.05) is 34.3 Å². The molecule has 0 aromatic heterocycles. The van der Waals surface area contributed by atoms with Crippen molar-refractivity contribution in [2.24, 2.45) is 0 Å². The molecule has 164 valence electrons. The van der Waals surface area contributed by atoms with Crippen molar-refractivity contribution in [3.63, 3.8) is 0 Å². The third kappa shape index (κ3) is 4.65. The lowest BCUT2D eigenvalue weighted by Crippen LogP contribution is -2.32. The van der Waals surface area contributed by atoms with E-state index in [9.17, 15) is 19.1 Å². The van der Waals surface area contributed by atoms with Crippen molar-refractivity contribution in [1.82, 2.24) is 9.80 Å². The van der Waals surface area contributed by atoms with Crippen LogP contribution in [0, 0.1) is 5.82 Å². The summed E-state index contributed by atoms with van der Waals surface area (Å²) < 4.78 is 20.5. The summed E-state index contributed by atoms with van der Waals surface area (Å²) in [6.07, 6.45) is 0.596. The number of amides is 1. The first-order valence-corrected chi connectivity index (χ1v) is 10.6. The molecule has 1 saturated heterocycles. The number of halogens is 2. The highest BCUT2D eigenvalue weighted by Gasteiger charge is 2.46. The SMILES string of the molecule is COc1ccc(/C(O)=C2\C(=O)C(=O)N(CCCN(C)C)C2c2ccccc2F)cc1Br. The van der Waals surface area contributed by atoms with Crippen LogP contribution in [0.5, 0.6) is 5.75 Å². The monoisotopic (exact) mass is 490 g/mol. The molecule has 2 aromatic rings. The third-order valence-electron chi connectivity index (χ3n) is 5.17. The maximum Gasteiger partial charge on any atom is 0.295 e. The third-order valence-corrected chi connectivity index (χ3v) is 5.79. The van der Waals surface area contributed by atoms with Crippen LogP contribution in [0.4, 0.5) is 4.39 Å². The first-order chi connectivity index (χ1) is 14.8. The number of carbonyl (C=O) groups is 2. The number of likely N-dealkylation sites (tertiary alicyclic amines) is 1. The molecule has 0 spiro atoms. The molecular formula is C23H24BrFN2O4. The lowest BCUT2D eigenvalue weighted by molar-refractivity contribution is -0.140. The lowest BCUT2D eigenvalue weighted by atomic mass is 9.95. The van der Waals surface area contributed by atoms with E-state index in [0.717, 1.165) is 0 Å². The van der Waals surface area contributed by atoms with Gasteiger partial charge in [-0.1, -0.05) is 18.2 Å². The molecule has 1 fully saturated rings. The zero-order valence-corrected chi connectivity index (χ0v) is 19.1. The molecule has 0 bridgehead atoms. The molecule has 8 heteroatoms. The molecule has 1 N–H and O–H groups in total. The van der Waals surface area contributed by atoms with Gasteiger partial charge in [0.05, 0.1) is 23.2 Å². The van der Waals surface area contributed by atoms with Crippen LogP contribution >= 0.6 is 15.9 Å². The normalized spacial score (nSPS) is 18.1. The van der Waals surface area contributed by atoms with E-state index in [4.69, 9.17) is 4.74 Å². The predicted octanol–water partition coefficient (Wildman–Crippen LogP) is 3.97. The van der Waals surface area contributed by atoms with Gasteiger partial charge in [-0.2, -0.15) is 0 Å². The minimum atomic E-state index is -1.01. The van der Waals surface area contributed by atoms with Crippen LogP contribution in [-0.4, -0.2) is 60.9 Å². The summed E-state index contributed by atoms with van der Waals surface area (Å²) in [6, 6.07) is 9.78. The number of hydrogen-bond acceptors (Lipinski definition) is 5.